The Kier molecular flexibility index (Phi) is 5.55. The summed E-state index contributed by atoms with van der Waals surface area (Å²) >= 11 is 0. The lowest BCUT2D eigenvalue weighted by Crippen LogP contribution is -2.54. The second-order valence-corrected chi connectivity index (χ2v) is 9.17. The molecule has 3 fully saturated rings. The van der Waals surface area contributed by atoms with Crippen molar-refractivity contribution in [2.24, 2.45) is 11.8 Å². The summed E-state index contributed by atoms with van der Waals surface area (Å²) < 4.78 is 7.50. The third kappa shape index (κ3) is 3.72. The molecule has 2 aliphatic heterocycles. The maximum Gasteiger partial charge on any atom is 0.251 e. The van der Waals surface area contributed by atoms with Gasteiger partial charge >= 0.3 is 0 Å². The van der Waals surface area contributed by atoms with E-state index in [9.17, 15) is 14.4 Å². The highest BCUT2D eigenvalue weighted by atomic mass is 16.5. The van der Waals surface area contributed by atoms with Crippen molar-refractivity contribution in [3.8, 4) is 5.69 Å². The molecule has 0 radical (unpaired) electrons. The molecule has 8 nitrogen and oxygen atoms in total. The second-order valence-electron chi connectivity index (χ2n) is 9.17. The average Bonchev–Trinajstić information content (AvgIpc) is 3.59. The Labute approximate surface area is 186 Å². The standard InChI is InChI=1S/C24H28N4O4/c1-15-12-28(21-19(29)13-32-22(15)21)24(31)20(16-4-2-3-5-16)26-23(30)17-6-8-18(9-7-17)27-11-10-25-14-27/h6-11,14-16,20-22H,2-5,12-13H2,1H3,(H,26,30)/t15-,20-,21+,22+/m0/s1. The van der Waals surface area contributed by atoms with Crippen LogP contribution < -0.4 is 5.32 Å². The molecule has 0 bridgehead atoms. The topological polar surface area (TPSA) is 93.5 Å². The van der Waals surface area contributed by atoms with E-state index in [4.69, 9.17) is 4.74 Å². The van der Waals surface area contributed by atoms with Gasteiger partial charge in [-0.05, 0) is 43.0 Å². The zero-order chi connectivity index (χ0) is 22.2. The number of hydrogen-bond donors (Lipinski definition) is 1. The predicted octanol–water partition coefficient (Wildman–Crippen LogP) is 1.98. The van der Waals surface area contributed by atoms with Crippen molar-refractivity contribution in [1.82, 2.24) is 19.8 Å². The molecule has 32 heavy (non-hydrogen) atoms. The molecule has 0 unspecified atom stereocenters. The van der Waals surface area contributed by atoms with Gasteiger partial charge in [-0.15, -0.1) is 0 Å². The van der Waals surface area contributed by atoms with Gasteiger partial charge in [0.25, 0.3) is 5.91 Å². The van der Waals surface area contributed by atoms with Crippen molar-refractivity contribution in [3.05, 3.63) is 48.5 Å². The molecule has 2 amide bonds. The van der Waals surface area contributed by atoms with Gasteiger partial charge in [-0.1, -0.05) is 19.8 Å². The normalized spacial score (nSPS) is 26.3. The molecule has 5 rings (SSSR count). The molecule has 0 spiro atoms. The van der Waals surface area contributed by atoms with E-state index in [1.807, 2.05) is 29.8 Å². The molecular weight excluding hydrogens is 408 g/mol. The van der Waals surface area contributed by atoms with Crippen molar-refractivity contribution >= 4 is 17.6 Å². The summed E-state index contributed by atoms with van der Waals surface area (Å²) in [5.74, 6) is -0.280. The molecule has 1 aliphatic carbocycles. The molecule has 4 atom stereocenters. The predicted molar refractivity (Wildman–Crippen MR) is 116 cm³/mol. The van der Waals surface area contributed by atoms with Gasteiger partial charge in [-0.2, -0.15) is 0 Å². The quantitative estimate of drug-likeness (QED) is 0.774. The number of ketones is 1. The number of nitrogens with one attached hydrogen (secondary N) is 1. The first-order valence-corrected chi connectivity index (χ1v) is 11.4. The van der Waals surface area contributed by atoms with Gasteiger partial charge in [0.1, 0.15) is 18.7 Å². The molecule has 1 aromatic heterocycles. The van der Waals surface area contributed by atoms with E-state index in [0.29, 0.717) is 12.1 Å². The fourth-order valence-electron chi connectivity index (χ4n) is 5.39. The minimum absolute atomic E-state index is 0.0423. The Hall–Kier alpha value is -3.00. The highest BCUT2D eigenvalue weighted by Crippen LogP contribution is 2.34. The van der Waals surface area contributed by atoms with Gasteiger partial charge < -0.3 is 19.5 Å². The van der Waals surface area contributed by atoms with Crippen molar-refractivity contribution < 1.29 is 19.1 Å². The van der Waals surface area contributed by atoms with Crippen LogP contribution in [0.4, 0.5) is 0 Å². The molecular formula is C24H28N4O4. The van der Waals surface area contributed by atoms with Crippen LogP contribution in [0.25, 0.3) is 5.69 Å². The number of Topliss-reactive ketones (excluding diaryl/α,β-unsaturated/α-hetero) is 1. The Morgan fingerprint density at radius 3 is 2.62 bits per heavy atom. The van der Waals surface area contributed by atoms with Crippen LogP contribution in [0.5, 0.6) is 0 Å². The third-order valence-corrected chi connectivity index (χ3v) is 7.08. The van der Waals surface area contributed by atoms with Crippen LogP contribution >= 0.6 is 0 Å². The molecule has 3 aliphatic rings. The summed E-state index contributed by atoms with van der Waals surface area (Å²) in [4.78, 5) is 44.9. The Balaban J connectivity index is 1.35. The first kappa shape index (κ1) is 20.9. The summed E-state index contributed by atoms with van der Waals surface area (Å²) in [6.45, 7) is 2.56. The lowest BCUT2D eigenvalue weighted by atomic mass is 9.95. The number of imidazole rings is 1. The van der Waals surface area contributed by atoms with Crippen LogP contribution in [0.1, 0.15) is 43.0 Å². The number of nitrogens with zero attached hydrogens (tertiary/aromatic N) is 3. The van der Waals surface area contributed by atoms with Crippen LogP contribution in [0.15, 0.2) is 43.0 Å². The Morgan fingerprint density at radius 1 is 1.19 bits per heavy atom. The number of carbonyl (C=O) groups excluding carboxylic acids is 3. The van der Waals surface area contributed by atoms with Crippen LogP contribution in [0, 0.1) is 11.8 Å². The van der Waals surface area contributed by atoms with Gasteiger partial charge in [-0.25, -0.2) is 4.98 Å². The average molecular weight is 437 g/mol. The number of amides is 2. The van der Waals surface area contributed by atoms with Crippen molar-refractivity contribution in [2.75, 3.05) is 13.2 Å². The fraction of sp³-hybridized carbons (Fsp3) is 0.500. The van der Waals surface area contributed by atoms with Crippen LogP contribution in [-0.2, 0) is 14.3 Å². The van der Waals surface area contributed by atoms with Gasteiger partial charge in [0.2, 0.25) is 5.91 Å². The van der Waals surface area contributed by atoms with Gasteiger partial charge in [0.05, 0.1) is 12.4 Å². The second kappa shape index (κ2) is 8.50. The minimum atomic E-state index is -0.627. The van der Waals surface area contributed by atoms with E-state index in [0.717, 1.165) is 31.4 Å². The van der Waals surface area contributed by atoms with E-state index in [2.05, 4.69) is 10.3 Å². The van der Waals surface area contributed by atoms with Crippen molar-refractivity contribution in [3.63, 3.8) is 0 Å². The summed E-state index contributed by atoms with van der Waals surface area (Å²) in [6.07, 6.45) is 8.90. The van der Waals surface area contributed by atoms with E-state index in [1.54, 1.807) is 29.6 Å². The molecule has 1 N–H and O–H groups in total. The maximum atomic E-state index is 13.6. The molecule has 2 saturated heterocycles. The Bertz CT molecular complexity index is 998. The summed E-state index contributed by atoms with van der Waals surface area (Å²) in [5, 5.41) is 3.01. The highest BCUT2D eigenvalue weighted by molar-refractivity contribution is 5.99. The van der Waals surface area contributed by atoms with E-state index in [1.165, 1.54) is 0 Å². The molecule has 3 heterocycles. The maximum absolute atomic E-state index is 13.6. The van der Waals surface area contributed by atoms with E-state index < -0.39 is 12.1 Å². The summed E-state index contributed by atoms with van der Waals surface area (Å²) in [7, 11) is 0. The molecule has 2 aromatic rings. The zero-order valence-electron chi connectivity index (χ0n) is 18.1. The fourth-order valence-corrected chi connectivity index (χ4v) is 5.39. The van der Waals surface area contributed by atoms with Crippen molar-refractivity contribution in [2.45, 2.75) is 50.8 Å². The number of aromatic nitrogens is 2. The number of rotatable bonds is 5. The Morgan fingerprint density at radius 2 is 1.94 bits per heavy atom. The molecule has 168 valence electrons. The summed E-state index contributed by atoms with van der Waals surface area (Å²) in [5.41, 5.74) is 1.40. The minimum Gasteiger partial charge on any atom is -0.367 e. The number of fused-ring (bicyclic) bond motifs is 1. The number of benzene rings is 1. The summed E-state index contributed by atoms with van der Waals surface area (Å²) in [6, 6.07) is 6.06. The van der Waals surface area contributed by atoms with Gasteiger partial charge in [0.15, 0.2) is 5.78 Å². The molecule has 8 heteroatoms. The lowest BCUT2D eigenvalue weighted by Gasteiger charge is -2.30. The van der Waals surface area contributed by atoms with Crippen LogP contribution in [0.3, 0.4) is 0 Å². The monoisotopic (exact) mass is 436 g/mol. The highest BCUT2D eigenvalue weighted by Gasteiger charge is 2.52. The smallest absolute Gasteiger partial charge is 0.251 e. The third-order valence-electron chi connectivity index (χ3n) is 7.08. The number of likely N-dealkylation sites (tertiary alicyclic amines) is 1. The lowest BCUT2D eigenvalue weighted by molar-refractivity contribution is -0.139. The SMILES string of the molecule is C[C@H]1CN(C(=O)[C@@H](NC(=O)c2ccc(-n3ccnc3)cc2)C2CCCC2)[C@@H]2C(=O)CO[C@@H]21. The number of hydrogen-bond acceptors (Lipinski definition) is 5. The van der Waals surface area contributed by atoms with Crippen molar-refractivity contribution in [1.29, 1.82) is 0 Å². The number of ether oxygens (including phenoxy) is 1. The van der Waals surface area contributed by atoms with Gasteiger partial charge in [-0.3, -0.25) is 14.4 Å². The molecule has 1 aromatic carbocycles. The molecule has 1 saturated carbocycles. The van der Waals surface area contributed by atoms with E-state index >= 15 is 0 Å². The first-order chi connectivity index (χ1) is 15.5. The zero-order valence-corrected chi connectivity index (χ0v) is 18.1. The van der Waals surface area contributed by atoms with Gasteiger partial charge in [0, 0.05) is 36.1 Å². The largest absolute Gasteiger partial charge is 0.367 e. The number of carbonyl (C=O) groups is 3. The van der Waals surface area contributed by atoms with Crippen LogP contribution in [-0.4, -0.2) is 63.4 Å². The van der Waals surface area contributed by atoms with Crippen LogP contribution in [0.2, 0.25) is 0 Å². The first-order valence-electron chi connectivity index (χ1n) is 11.4. The van der Waals surface area contributed by atoms with E-state index in [-0.39, 0.29) is 42.1 Å².